The molecule has 0 aliphatic heterocycles. The Morgan fingerprint density at radius 2 is 2.05 bits per heavy atom. The third-order valence-electron chi connectivity index (χ3n) is 3.72. The van der Waals surface area contributed by atoms with Crippen LogP contribution in [0.4, 0.5) is 5.82 Å². The van der Waals surface area contributed by atoms with Gasteiger partial charge in [0.2, 0.25) is 0 Å². The van der Waals surface area contributed by atoms with Gasteiger partial charge in [0.1, 0.15) is 11.5 Å². The number of nitrogens with zero attached hydrogens (tertiary/aromatic N) is 2. The zero-order valence-electron chi connectivity index (χ0n) is 12.4. The number of benzene rings is 1. The van der Waals surface area contributed by atoms with Crippen molar-refractivity contribution in [2.45, 2.75) is 20.4 Å². The van der Waals surface area contributed by atoms with Crippen molar-refractivity contribution in [3.05, 3.63) is 58.3 Å². The van der Waals surface area contributed by atoms with Crippen molar-refractivity contribution in [1.82, 2.24) is 9.55 Å². The van der Waals surface area contributed by atoms with E-state index in [1.165, 1.54) is 0 Å². The van der Waals surface area contributed by atoms with Gasteiger partial charge >= 0.3 is 0 Å². The Kier molecular flexibility index (Phi) is 3.98. The van der Waals surface area contributed by atoms with E-state index < -0.39 is 0 Å². The number of carbonyl (C=O) groups excluding carboxylic acids is 1. The van der Waals surface area contributed by atoms with Gasteiger partial charge in [-0.1, -0.05) is 18.2 Å². The number of fused-ring (bicyclic) bond motifs is 1. The monoisotopic (exact) mass is 357 g/mol. The molecule has 1 amide bonds. The molecule has 0 fully saturated rings. The van der Waals surface area contributed by atoms with E-state index in [-0.39, 0.29) is 5.91 Å². The summed E-state index contributed by atoms with van der Waals surface area (Å²) in [5, 5.41) is 3.98. The van der Waals surface area contributed by atoms with E-state index in [4.69, 9.17) is 0 Å². The van der Waals surface area contributed by atoms with Crippen LogP contribution in [-0.4, -0.2) is 15.5 Å². The fraction of sp³-hybridized carbons (Fsp3) is 0.176. The van der Waals surface area contributed by atoms with E-state index in [0.29, 0.717) is 11.5 Å². The van der Waals surface area contributed by atoms with Gasteiger partial charge in [-0.15, -0.1) is 0 Å². The van der Waals surface area contributed by atoms with E-state index >= 15 is 0 Å². The summed E-state index contributed by atoms with van der Waals surface area (Å²) < 4.78 is 2.92. The predicted octanol–water partition coefficient (Wildman–Crippen LogP) is 4.38. The van der Waals surface area contributed by atoms with Crippen LogP contribution in [0.25, 0.3) is 10.9 Å². The Morgan fingerprint density at radius 1 is 1.27 bits per heavy atom. The number of halogens is 1. The molecule has 4 nitrogen and oxygen atoms in total. The fourth-order valence-corrected chi connectivity index (χ4v) is 2.96. The standard InChI is InChI=1S/C17H16BrN3O/c1-3-21-14-7-5-4-6-13(14)11(2)16(21)17(22)20-15-9-8-12(18)10-19-15/h4-10H,3H2,1-2H3,(H,19,20,22). The number of hydrogen-bond donors (Lipinski definition) is 1. The number of carbonyl (C=O) groups is 1. The smallest absolute Gasteiger partial charge is 0.273 e. The minimum atomic E-state index is -0.134. The third-order valence-corrected chi connectivity index (χ3v) is 4.19. The molecule has 0 atom stereocenters. The van der Waals surface area contributed by atoms with Crippen LogP contribution in [0.3, 0.4) is 0 Å². The Morgan fingerprint density at radius 3 is 2.73 bits per heavy atom. The number of nitrogens with one attached hydrogen (secondary N) is 1. The molecule has 1 N–H and O–H groups in total. The Bertz CT molecular complexity index is 837. The predicted molar refractivity (Wildman–Crippen MR) is 92.2 cm³/mol. The molecule has 0 saturated heterocycles. The Hall–Kier alpha value is -2.14. The lowest BCUT2D eigenvalue weighted by atomic mass is 10.1. The van der Waals surface area contributed by atoms with E-state index in [0.717, 1.165) is 27.5 Å². The highest BCUT2D eigenvalue weighted by Crippen LogP contribution is 2.26. The highest BCUT2D eigenvalue weighted by molar-refractivity contribution is 9.10. The van der Waals surface area contributed by atoms with E-state index in [2.05, 4.69) is 26.2 Å². The molecule has 5 heteroatoms. The van der Waals surface area contributed by atoms with E-state index in [9.17, 15) is 4.79 Å². The first-order chi connectivity index (χ1) is 10.6. The molecule has 3 aromatic rings. The normalized spacial score (nSPS) is 10.9. The van der Waals surface area contributed by atoms with Gasteiger partial charge in [-0.25, -0.2) is 4.98 Å². The maximum atomic E-state index is 12.7. The number of hydrogen-bond acceptors (Lipinski definition) is 2. The maximum absolute atomic E-state index is 12.7. The van der Waals surface area contributed by atoms with Crippen molar-refractivity contribution in [3.8, 4) is 0 Å². The van der Waals surface area contributed by atoms with Gasteiger partial charge in [0.25, 0.3) is 5.91 Å². The first kappa shape index (κ1) is 14.8. The van der Waals surface area contributed by atoms with Crippen LogP contribution in [0.15, 0.2) is 47.1 Å². The van der Waals surface area contributed by atoms with Gasteiger partial charge in [-0.2, -0.15) is 0 Å². The van der Waals surface area contributed by atoms with E-state index in [1.807, 2.05) is 48.7 Å². The number of para-hydroxylation sites is 1. The largest absolute Gasteiger partial charge is 0.337 e. The molecule has 2 heterocycles. The summed E-state index contributed by atoms with van der Waals surface area (Å²) in [7, 11) is 0. The zero-order chi connectivity index (χ0) is 15.7. The van der Waals surface area contributed by atoms with Crippen LogP contribution in [0.2, 0.25) is 0 Å². The van der Waals surface area contributed by atoms with Gasteiger partial charge in [0.15, 0.2) is 0 Å². The number of amides is 1. The summed E-state index contributed by atoms with van der Waals surface area (Å²) >= 11 is 3.33. The Balaban J connectivity index is 2.03. The SMILES string of the molecule is CCn1c(C(=O)Nc2ccc(Br)cn2)c(C)c2ccccc21. The molecule has 0 aliphatic carbocycles. The van der Waals surface area contributed by atoms with Crippen molar-refractivity contribution in [1.29, 1.82) is 0 Å². The second-order valence-electron chi connectivity index (χ2n) is 5.05. The summed E-state index contributed by atoms with van der Waals surface area (Å²) in [6.07, 6.45) is 1.66. The molecule has 3 rings (SSSR count). The van der Waals surface area contributed by atoms with Crippen LogP contribution in [0.5, 0.6) is 0 Å². The molecule has 1 aromatic carbocycles. The van der Waals surface area contributed by atoms with Gasteiger partial charge in [-0.3, -0.25) is 4.79 Å². The topological polar surface area (TPSA) is 46.9 Å². The molecule has 0 radical (unpaired) electrons. The van der Waals surface area contributed by atoms with Crippen molar-refractivity contribution in [2.24, 2.45) is 0 Å². The van der Waals surface area contributed by atoms with Gasteiger partial charge < -0.3 is 9.88 Å². The molecule has 0 unspecified atom stereocenters. The minimum Gasteiger partial charge on any atom is -0.337 e. The Labute approximate surface area is 137 Å². The average molecular weight is 358 g/mol. The minimum absolute atomic E-state index is 0.134. The number of rotatable bonds is 3. The molecule has 0 spiro atoms. The summed E-state index contributed by atoms with van der Waals surface area (Å²) in [6, 6.07) is 11.7. The lowest BCUT2D eigenvalue weighted by Gasteiger charge is -2.09. The summed E-state index contributed by atoms with van der Waals surface area (Å²) in [5.41, 5.74) is 2.76. The van der Waals surface area contributed by atoms with Crippen molar-refractivity contribution in [2.75, 3.05) is 5.32 Å². The first-order valence-electron chi connectivity index (χ1n) is 7.12. The average Bonchev–Trinajstić information content (AvgIpc) is 2.82. The lowest BCUT2D eigenvalue weighted by molar-refractivity contribution is 0.101. The van der Waals surface area contributed by atoms with Crippen LogP contribution in [0, 0.1) is 6.92 Å². The quantitative estimate of drug-likeness (QED) is 0.755. The van der Waals surface area contributed by atoms with Gasteiger partial charge in [0, 0.05) is 28.1 Å². The van der Waals surface area contributed by atoms with Gasteiger partial charge in [-0.05, 0) is 53.5 Å². The second kappa shape index (κ2) is 5.93. The molecule has 2 aromatic heterocycles. The first-order valence-corrected chi connectivity index (χ1v) is 7.92. The molecule has 112 valence electrons. The van der Waals surface area contributed by atoms with Crippen molar-refractivity contribution < 1.29 is 4.79 Å². The molecule has 0 saturated carbocycles. The van der Waals surface area contributed by atoms with Crippen LogP contribution in [-0.2, 0) is 6.54 Å². The summed E-state index contributed by atoms with van der Waals surface area (Å²) in [5.74, 6) is 0.408. The highest BCUT2D eigenvalue weighted by Gasteiger charge is 2.19. The third kappa shape index (κ3) is 2.52. The second-order valence-corrected chi connectivity index (χ2v) is 5.97. The van der Waals surface area contributed by atoms with Crippen LogP contribution < -0.4 is 5.32 Å². The molecular weight excluding hydrogens is 342 g/mol. The number of aryl methyl sites for hydroxylation is 2. The molecule has 22 heavy (non-hydrogen) atoms. The zero-order valence-corrected chi connectivity index (χ0v) is 14.0. The van der Waals surface area contributed by atoms with Crippen LogP contribution in [0.1, 0.15) is 23.0 Å². The van der Waals surface area contributed by atoms with Crippen LogP contribution >= 0.6 is 15.9 Å². The van der Waals surface area contributed by atoms with E-state index in [1.54, 1.807) is 12.3 Å². The highest BCUT2D eigenvalue weighted by atomic mass is 79.9. The van der Waals surface area contributed by atoms with Crippen molar-refractivity contribution >= 4 is 38.6 Å². The summed E-state index contributed by atoms with van der Waals surface area (Å²) in [6.45, 7) is 4.77. The fourth-order valence-electron chi connectivity index (χ4n) is 2.72. The molecule has 0 bridgehead atoms. The summed E-state index contributed by atoms with van der Waals surface area (Å²) in [4.78, 5) is 16.9. The molecule has 0 aliphatic rings. The van der Waals surface area contributed by atoms with Crippen molar-refractivity contribution in [3.63, 3.8) is 0 Å². The van der Waals surface area contributed by atoms with Gasteiger partial charge in [0.05, 0.1) is 0 Å². The lowest BCUT2D eigenvalue weighted by Crippen LogP contribution is -2.18. The maximum Gasteiger partial charge on any atom is 0.273 e. The number of pyridine rings is 1. The number of anilines is 1. The number of aromatic nitrogens is 2. The molecular formula is C17H16BrN3O.